The van der Waals surface area contributed by atoms with E-state index in [0.717, 1.165) is 5.56 Å². The zero-order valence-corrected chi connectivity index (χ0v) is 12.6. The Morgan fingerprint density at radius 1 is 1.25 bits per heavy atom. The molecule has 1 aromatic rings. The van der Waals surface area contributed by atoms with Crippen molar-refractivity contribution < 1.29 is 13.2 Å². The van der Waals surface area contributed by atoms with Crippen molar-refractivity contribution in [1.82, 2.24) is 9.62 Å². The van der Waals surface area contributed by atoms with Crippen molar-refractivity contribution >= 4 is 15.9 Å². The summed E-state index contributed by atoms with van der Waals surface area (Å²) in [5, 5.41) is 0. The number of amides is 1. The minimum absolute atomic E-state index is 0.0872. The van der Waals surface area contributed by atoms with Gasteiger partial charge in [-0.15, -0.1) is 0 Å². The quantitative estimate of drug-likeness (QED) is 0.738. The molecule has 0 radical (unpaired) electrons. The fourth-order valence-electron chi connectivity index (χ4n) is 1.60. The Labute approximate surface area is 120 Å². The number of sulfonamides is 1. The van der Waals surface area contributed by atoms with Crippen LogP contribution in [0.15, 0.2) is 29.2 Å². The third-order valence-corrected chi connectivity index (χ3v) is 4.27. The molecular weight excluding hydrogens is 278 g/mol. The number of hydrogen-bond acceptors (Lipinski definition) is 4. The van der Waals surface area contributed by atoms with Crippen LogP contribution in [0.25, 0.3) is 0 Å². The van der Waals surface area contributed by atoms with E-state index in [-0.39, 0.29) is 23.8 Å². The smallest absolute Gasteiger partial charge is 0.240 e. The molecule has 20 heavy (non-hydrogen) atoms. The Balaban J connectivity index is 2.62. The molecule has 0 fully saturated rings. The van der Waals surface area contributed by atoms with Gasteiger partial charge in [-0.3, -0.25) is 4.79 Å². The van der Waals surface area contributed by atoms with Gasteiger partial charge < -0.3 is 10.6 Å². The molecule has 0 aromatic heterocycles. The molecule has 0 spiro atoms. The van der Waals surface area contributed by atoms with Crippen molar-refractivity contribution in [2.45, 2.75) is 17.7 Å². The van der Waals surface area contributed by atoms with Crippen LogP contribution in [0.2, 0.25) is 0 Å². The molecule has 0 bridgehead atoms. The first-order chi connectivity index (χ1) is 9.36. The van der Waals surface area contributed by atoms with Crippen LogP contribution >= 0.6 is 0 Å². The third kappa shape index (κ3) is 4.92. The van der Waals surface area contributed by atoms with E-state index in [9.17, 15) is 13.2 Å². The molecule has 0 aliphatic heterocycles. The molecule has 112 valence electrons. The largest absolute Gasteiger partial charge is 0.349 e. The zero-order chi connectivity index (χ0) is 15.2. The van der Waals surface area contributed by atoms with Crippen LogP contribution < -0.4 is 10.5 Å². The topological polar surface area (TPSA) is 92.5 Å². The Morgan fingerprint density at radius 3 is 2.35 bits per heavy atom. The number of nitrogens with one attached hydrogen (secondary N) is 1. The third-order valence-electron chi connectivity index (χ3n) is 2.80. The second kappa shape index (κ2) is 7.37. The first-order valence-electron chi connectivity index (χ1n) is 6.35. The summed E-state index contributed by atoms with van der Waals surface area (Å²) in [4.78, 5) is 13.0. The average molecular weight is 299 g/mol. The van der Waals surface area contributed by atoms with E-state index in [0.29, 0.717) is 13.0 Å². The number of rotatable bonds is 7. The van der Waals surface area contributed by atoms with E-state index in [1.165, 1.54) is 4.90 Å². The highest BCUT2D eigenvalue weighted by Gasteiger charge is 2.14. The van der Waals surface area contributed by atoms with Crippen LogP contribution in [-0.2, 0) is 21.2 Å². The highest BCUT2D eigenvalue weighted by molar-refractivity contribution is 7.89. The summed E-state index contributed by atoms with van der Waals surface area (Å²) in [5.41, 5.74) is 6.43. The Bertz CT molecular complexity index is 538. The number of hydrogen-bond donors (Lipinski definition) is 2. The van der Waals surface area contributed by atoms with Gasteiger partial charge in [-0.1, -0.05) is 12.1 Å². The summed E-state index contributed by atoms with van der Waals surface area (Å²) in [5.74, 6) is -0.119. The molecule has 0 aliphatic carbocycles. The lowest BCUT2D eigenvalue weighted by Gasteiger charge is -2.11. The maximum Gasteiger partial charge on any atom is 0.240 e. The van der Waals surface area contributed by atoms with Crippen molar-refractivity contribution in [2.75, 3.05) is 27.2 Å². The summed E-state index contributed by atoms with van der Waals surface area (Å²) >= 11 is 0. The van der Waals surface area contributed by atoms with Gasteiger partial charge in [-0.25, -0.2) is 13.1 Å². The molecular formula is C13H21N3O3S. The maximum atomic E-state index is 12.0. The maximum absolute atomic E-state index is 12.0. The molecule has 0 saturated carbocycles. The number of nitrogens with zero attached hydrogens (tertiary/aromatic N) is 1. The molecule has 1 amide bonds. The van der Waals surface area contributed by atoms with Gasteiger partial charge in [0.25, 0.3) is 0 Å². The van der Waals surface area contributed by atoms with Crippen LogP contribution in [-0.4, -0.2) is 46.4 Å². The van der Waals surface area contributed by atoms with Gasteiger partial charge in [0.05, 0.1) is 4.90 Å². The average Bonchev–Trinajstić information content (AvgIpc) is 2.39. The van der Waals surface area contributed by atoms with Gasteiger partial charge in [-0.05, 0) is 30.7 Å². The second-order valence-electron chi connectivity index (χ2n) is 4.62. The summed E-state index contributed by atoms with van der Waals surface area (Å²) < 4.78 is 26.4. The van der Waals surface area contributed by atoms with Crippen molar-refractivity contribution in [3.05, 3.63) is 29.8 Å². The Hall–Kier alpha value is -1.44. The second-order valence-corrected chi connectivity index (χ2v) is 6.39. The first kappa shape index (κ1) is 16.6. The summed E-state index contributed by atoms with van der Waals surface area (Å²) in [6.45, 7) is 0.612. The first-order valence-corrected chi connectivity index (χ1v) is 7.84. The summed E-state index contributed by atoms with van der Waals surface area (Å²) in [7, 11) is -0.301. The number of carbonyl (C=O) groups is 1. The molecule has 1 rings (SSSR count). The van der Waals surface area contributed by atoms with Crippen molar-refractivity contribution in [2.24, 2.45) is 5.73 Å². The SMILES string of the molecule is CN(C)C(=O)CCNS(=O)(=O)c1ccc(CCN)cc1. The van der Waals surface area contributed by atoms with Gasteiger partial charge in [0.2, 0.25) is 15.9 Å². The molecule has 7 heteroatoms. The summed E-state index contributed by atoms with van der Waals surface area (Å²) in [6.07, 6.45) is 0.850. The van der Waals surface area contributed by atoms with Crippen LogP contribution in [0.4, 0.5) is 0 Å². The predicted molar refractivity (Wildman–Crippen MR) is 77.7 cm³/mol. The number of nitrogens with two attached hydrogens (primary N) is 1. The fraction of sp³-hybridized carbons (Fsp3) is 0.462. The fourth-order valence-corrected chi connectivity index (χ4v) is 2.63. The molecule has 0 atom stereocenters. The van der Waals surface area contributed by atoms with E-state index in [1.54, 1.807) is 38.4 Å². The molecule has 6 nitrogen and oxygen atoms in total. The standard InChI is InChI=1S/C13H21N3O3S/c1-16(2)13(17)8-10-15-20(18,19)12-5-3-11(4-6-12)7-9-14/h3-6,15H,7-10,14H2,1-2H3. The van der Waals surface area contributed by atoms with Crippen molar-refractivity contribution in [3.8, 4) is 0 Å². The molecule has 0 saturated heterocycles. The Kier molecular flexibility index (Phi) is 6.12. The van der Waals surface area contributed by atoms with E-state index in [4.69, 9.17) is 5.73 Å². The molecule has 0 heterocycles. The summed E-state index contributed by atoms with van der Waals surface area (Å²) in [6, 6.07) is 6.57. The number of benzene rings is 1. The van der Waals surface area contributed by atoms with Gasteiger partial charge >= 0.3 is 0 Å². The zero-order valence-electron chi connectivity index (χ0n) is 11.8. The highest BCUT2D eigenvalue weighted by Crippen LogP contribution is 2.10. The van der Waals surface area contributed by atoms with Gasteiger partial charge in [0.15, 0.2) is 0 Å². The van der Waals surface area contributed by atoms with Crippen LogP contribution in [0.3, 0.4) is 0 Å². The lowest BCUT2D eigenvalue weighted by molar-refractivity contribution is -0.128. The van der Waals surface area contributed by atoms with Gasteiger partial charge in [0, 0.05) is 27.1 Å². The van der Waals surface area contributed by atoms with Crippen LogP contribution in [0.5, 0.6) is 0 Å². The van der Waals surface area contributed by atoms with Gasteiger partial charge in [0.1, 0.15) is 0 Å². The van der Waals surface area contributed by atoms with Gasteiger partial charge in [-0.2, -0.15) is 0 Å². The van der Waals surface area contributed by atoms with E-state index < -0.39 is 10.0 Å². The normalized spacial score (nSPS) is 11.3. The van der Waals surface area contributed by atoms with E-state index in [2.05, 4.69) is 4.72 Å². The Morgan fingerprint density at radius 2 is 1.85 bits per heavy atom. The van der Waals surface area contributed by atoms with E-state index in [1.807, 2.05) is 0 Å². The monoisotopic (exact) mass is 299 g/mol. The lowest BCUT2D eigenvalue weighted by Crippen LogP contribution is -2.30. The number of carbonyl (C=O) groups excluding carboxylic acids is 1. The minimum atomic E-state index is -3.57. The van der Waals surface area contributed by atoms with Crippen LogP contribution in [0.1, 0.15) is 12.0 Å². The van der Waals surface area contributed by atoms with Crippen molar-refractivity contribution in [1.29, 1.82) is 0 Å². The molecule has 3 N–H and O–H groups in total. The minimum Gasteiger partial charge on any atom is -0.349 e. The van der Waals surface area contributed by atoms with Crippen LogP contribution in [0, 0.1) is 0 Å². The predicted octanol–water partition coefficient (Wildman–Crippen LogP) is -0.0556. The lowest BCUT2D eigenvalue weighted by atomic mass is 10.2. The van der Waals surface area contributed by atoms with Crippen molar-refractivity contribution in [3.63, 3.8) is 0 Å². The molecule has 0 unspecified atom stereocenters. The van der Waals surface area contributed by atoms with E-state index >= 15 is 0 Å². The highest BCUT2D eigenvalue weighted by atomic mass is 32.2. The molecule has 1 aromatic carbocycles. The molecule has 0 aliphatic rings.